The van der Waals surface area contributed by atoms with Crippen LogP contribution < -0.4 is 25.8 Å². The molecule has 3 aromatic heterocycles. The zero-order chi connectivity index (χ0) is 50.7. The van der Waals surface area contributed by atoms with Gasteiger partial charge in [-0.3, -0.25) is 9.59 Å². The average molecular weight is 958 g/mol. The van der Waals surface area contributed by atoms with Crippen molar-refractivity contribution >= 4 is 29.1 Å². The van der Waals surface area contributed by atoms with Crippen molar-refractivity contribution in [2.24, 2.45) is 0 Å². The largest absolute Gasteiger partial charge is 0.491 e. The monoisotopic (exact) mass is 958 g/mol. The van der Waals surface area contributed by atoms with Crippen LogP contribution in [0.4, 0.5) is 21.7 Å². The van der Waals surface area contributed by atoms with Crippen LogP contribution >= 0.6 is 0 Å². The summed E-state index contributed by atoms with van der Waals surface area (Å²) >= 11 is 0. The van der Waals surface area contributed by atoms with Crippen LogP contribution in [0.2, 0.25) is 0 Å². The average Bonchev–Trinajstić information content (AvgIpc) is 3.36. The lowest BCUT2D eigenvalue weighted by Crippen LogP contribution is -2.44. The van der Waals surface area contributed by atoms with Crippen LogP contribution in [-0.2, 0) is 31.9 Å². The van der Waals surface area contributed by atoms with Gasteiger partial charge in [0.25, 0.3) is 0 Å². The highest BCUT2D eigenvalue weighted by atomic mass is 19.1. The van der Waals surface area contributed by atoms with Gasteiger partial charge in [0.2, 0.25) is 11.8 Å². The molecular formula is C52H64FN11O6. The molecule has 1 fully saturated rings. The number of methoxy groups -OCH3 is 2. The number of hydrogen-bond donors (Lipinski definition) is 3. The van der Waals surface area contributed by atoms with E-state index in [1.54, 1.807) is 32.4 Å². The smallest absolute Gasteiger partial charge is 0.247 e. The molecule has 1 aliphatic heterocycles. The van der Waals surface area contributed by atoms with Crippen molar-refractivity contribution in [2.75, 3.05) is 70.1 Å². The number of nitrogens with two attached hydrogens (primary N) is 1. The number of aromatic nitrogens is 7. The predicted octanol–water partition coefficient (Wildman–Crippen LogP) is 7.41. The van der Waals surface area contributed by atoms with E-state index in [0.29, 0.717) is 63.2 Å². The molecule has 0 aliphatic carbocycles. The Bertz CT molecular complexity index is 2570. The van der Waals surface area contributed by atoms with E-state index in [-0.39, 0.29) is 23.7 Å². The second-order valence-electron chi connectivity index (χ2n) is 15.8. The normalized spacial score (nSPS) is 12.6. The number of likely N-dealkylation sites (tertiary alicyclic amines) is 1. The molecule has 1 saturated heterocycles. The number of ether oxygens (including phenoxy) is 4. The molecule has 4 N–H and O–H groups in total. The van der Waals surface area contributed by atoms with E-state index in [1.807, 2.05) is 93.6 Å². The fraction of sp³-hybridized carbons (Fsp3) is 0.327. The van der Waals surface area contributed by atoms with Crippen LogP contribution in [0.25, 0.3) is 0 Å². The van der Waals surface area contributed by atoms with Crippen LogP contribution in [0, 0.1) is 33.5 Å². The molecule has 370 valence electrons. The molecular weight excluding hydrogens is 894 g/mol. The number of nitrogens with one attached hydrogen (secondary N) is 2. The minimum atomic E-state index is -0.379. The van der Waals surface area contributed by atoms with Crippen molar-refractivity contribution < 1.29 is 32.9 Å². The van der Waals surface area contributed by atoms with Crippen molar-refractivity contribution in [3.8, 4) is 11.5 Å². The summed E-state index contributed by atoms with van der Waals surface area (Å²) in [5.74, 6) is 4.40. The van der Waals surface area contributed by atoms with Crippen LogP contribution in [0.1, 0.15) is 58.3 Å². The van der Waals surface area contributed by atoms with Gasteiger partial charge in [0.15, 0.2) is 5.82 Å². The van der Waals surface area contributed by atoms with Crippen molar-refractivity contribution in [3.05, 3.63) is 168 Å². The molecule has 18 heteroatoms. The van der Waals surface area contributed by atoms with Crippen molar-refractivity contribution in [3.63, 3.8) is 0 Å². The highest BCUT2D eigenvalue weighted by Gasteiger charge is 2.23. The van der Waals surface area contributed by atoms with Gasteiger partial charge in [0.1, 0.15) is 66.5 Å². The fourth-order valence-corrected chi connectivity index (χ4v) is 6.50. The maximum Gasteiger partial charge on any atom is 0.247 e. The van der Waals surface area contributed by atoms with E-state index in [0.717, 1.165) is 76.3 Å². The number of piperidine rings is 1. The lowest BCUT2D eigenvalue weighted by molar-refractivity contribution is -0.127. The molecule has 0 spiro atoms. The predicted molar refractivity (Wildman–Crippen MR) is 269 cm³/mol. The Morgan fingerprint density at radius 3 is 1.96 bits per heavy atom. The molecule has 0 saturated carbocycles. The van der Waals surface area contributed by atoms with E-state index < -0.39 is 0 Å². The number of aryl methyl sites for hydroxylation is 3. The molecule has 3 aromatic carbocycles. The first-order valence-corrected chi connectivity index (χ1v) is 22.6. The third-order valence-electron chi connectivity index (χ3n) is 10.2. The molecule has 4 heterocycles. The first-order chi connectivity index (χ1) is 33.8. The zero-order valence-electron chi connectivity index (χ0n) is 40.9. The fourth-order valence-electron chi connectivity index (χ4n) is 6.50. The van der Waals surface area contributed by atoms with Crippen LogP contribution in [0.15, 0.2) is 117 Å². The molecule has 1 atom stereocenters. The molecule has 0 radical (unpaired) electrons. The summed E-state index contributed by atoms with van der Waals surface area (Å²) in [6.07, 6.45) is 10.0. The number of hydrogen-bond acceptors (Lipinski definition) is 15. The summed E-state index contributed by atoms with van der Waals surface area (Å²) in [5, 5.41) is 6.02. The lowest BCUT2D eigenvalue weighted by Gasteiger charge is -2.33. The number of nitrogens with zero attached hydrogens (tertiary/aromatic N) is 8. The second kappa shape index (κ2) is 29.9. The van der Waals surface area contributed by atoms with Gasteiger partial charge in [0, 0.05) is 57.4 Å². The van der Waals surface area contributed by atoms with Crippen molar-refractivity contribution in [1.82, 2.24) is 39.8 Å². The highest BCUT2D eigenvalue weighted by Crippen LogP contribution is 2.20. The van der Waals surface area contributed by atoms with E-state index >= 15 is 0 Å². The summed E-state index contributed by atoms with van der Waals surface area (Å²) in [6, 6.07) is 23.4. The lowest BCUT2D eigenvalue weighted by atomic mass is 10.1. The van der Waals surface area contributed by atoms with Crippen LogP contribution in [0.5, 0.6) is 11.5 Å². The zero-order valence-corrected chi connectivity index (χ0v) is 40.9. The van der Waals surface area contributed by atoms with Gasteiger partial charge in [0.05, 0.1) is 25.1 Å². The Morgan fingerprint density at radius 2 is 1.40 bits per heavy atom. The number of nitrogen functional groups attached to an aromatic ring is 1. The topological polar surface area (TPSA) is 215 Å². The first kappa shape index (κ1) is 54.9. The second-order valence-corrected chi connectivity index (χ2v) is 15.8. The quantitative estimate of drug-likeness (QED) is 0.0600. The van der Waals surface area contributed by atoms with Gasteiger partial charge in [-0.25, -0.2) is 39.3 Å². The van der Waals surface area contributed by atoms with Crippen molar-refractivity contribution in [1.29, 1.82) is 0 Å². The van der Waals surface area contributed by atoms with Gasteiger partial charge in [-0.05, 0) is 106 Å². The summed E-state index contributed by atoms with van der Waals surface area (Å²) in [5.41, 5.74) is 11.1. The third kappa shape index (κ3) is 19.9. The highest BCUT2D eigenvalue weighted by molar-refractivity contribution is 5.98. The van der Waals surface area contributed by atoms with Gasteiger partial charge < -0.3 is 40.2 Å². The summed E-state index contributed by atoms with van der Waals surface area (Å²) in [4.78, 5) is 52.9. The Morgan fingerprint density at radius 1 is 0.786 bits per heavy atom. The van der Waals surface area contributed by atoms with E-state index in [9.17, 15) is 14.0 Å². The van der Waals surface area contributed by atoms with Gasteiger partial charge in [-0.2, -0.15) is 0 Å². The number of carbonyl (C=O) groups is 2. The Hall–Kier alpha value is -7.70. The molecule has 1 aliphatic rings. The minimum absolute atomic E-state index is 0.0228. The molecule has 6 aromatic rings. The summed E-state index contributed by atoms with van der Waals surface area (Å²) in [7, 11) is 3.29. The number of rotatable bonds is 17. The SMILES string of the molecule is C=CC(=O)N1CCCC(Nc2ncnc(N)c2C)C1.C=CC(=O)Nc1cccc(C)c1.COCCOc1ccc(Cc2ncc(F)c(C)n2)cc1.COCCOc1ccc(Cc2ncnc(C)n2)cc1. The van der Waals surface area contributed by atoms with Gasteiger partial charge >= 0.3 is 0 Å². The van der Waals surface area contributed by atoms with E-state index in [2.05, 4.69) is 58.7 Å². The first-order valence-electron chi connectivity index (χ1n) is 22.6. The van der Waals surface area contributed by atoms with Gasteiger partial charge in [-0.15, -0.1) is 0 Å². The Kier molecular flexibility index (Phi) is 23.5. The number of carbonyl (C=O) groups excluding carboxylic acids is 2. The minimum Gasteiger partial charge on any atom is -0.491 e. The van der Waals surface area contributed by atoms with Crippen LogP contribution in [0.3, 0.4) is 0 Å². The van der Waals surface area contributed by atoms with Crippen molar-refractivity contribution in [2.45, 2.75) is 59.4 Å². The Labute approximate surface area is 409 Å². The van der Waals surface area contributed by atoms with E-state index in [1.165, 1.54) is 24.7 Å². The molecule has 70 heavy (non-hydrogen) atoms. The summed E-state index contributed by atoms with van der Waals surface area (Å²) in [6.45, 7) is 17.9. The number of benzene rings is 3. The number of amides is 2. The summed E-state index contributed by atoms with van der Waals surface area (Å²) < 4.78 is 33.9. The Balaban J connectivity index is 0.000000206. The maximum atomic E-state index is 13.1. The third-order valence-corrected chi connectivity index (χ3v) is 10.2. The maximum absolute atomic E-state index is 13.1. The van der Waals surface area contributed by atoms with Crippen LogP contribution in [-0.4, -0.2) is 111 Å². The van der Waals surface area contributed by atoms with E-state index in [4.69, 9.17) is 24.7 Å². The molecule has 7 rings (SSSR count). The standard InChI is InChI=1S/C15H17FN2O2.C14H17N3O2.C13H19N5O.C10H11NO/c1-11-14(16)10-17-15(18-11)9-12-3-5-13(6-4-12)20-8-7-19-2;1-11-15-10-16-14(17-11)9-12-3-5-13(6-4-12)19-8-7-18-2;1-3-11(19)18-6-4-5-10(7-18)17-13-9(2)12(14)15-8-16-13;1-3-10(12)11-9-6-4-5-8(2)7-9/h3-6,10H,7-9H2,1-2H3;3-6,10H,7-9H2,1-2H3;3,8,10H,1,4-7H2,2H3,(H3,14,15,16,17);3-7H,1H2,2H3,(H,11,12). The number of anilines is 3. The molecule has 2 amide bonds. The number of halogens is 1. The van der Waals surface area contributed by atoms with Gasteiger partial charge in [-0.1, -0.05) is 49.6 Å². The molecule has 1 unspecified atom stereocenters. The molecule has 0 bridgehead atoms. The molecule has 17 nitrogen and oxygen atoms in total.